The van der Waals surface area contributed by atoms with E-state index in [4.69, 9.17) is 5.41 Å². The van der Waals surface area contributed by atoms with Crippen LogP contribution in [0.5, 0.6) is 0 Å². The van der Waals surface area contributed by atoms with E-state index in [2.05, 4.69) is 22.4 Å². The van der Waals surface area contributed by atoms with Crippen LogP contribution in [0.2, 0.25) is 0 Å². The Morgan fingerprint density at radius 1 is 1.44 bits per heavy atom. The molecule has 1 aromatic rings. The quantitative estimate of drug-likeness (QED) is 0.808. The highest BCUT2D eigenvalue weighted by Crippen LogP contribution is 2.18. The molecule has 2 heterocycles. The molecule has 1 aliphatic carbocycles. The number of rotatable bonds is 5. The summed E-state index contributed by atoms with van der Waals surface area (Å²) in [4.78, 5) is 14.4. The number of hydrogen-bond acceptors (Lipinski definition) is 4. The number of piperidine rings is 1. The maximum absolute atomic E-state index is 12.0. The monoisotopic (exact) mass is 341 g/mol. The third kappa shape index (κ3) is 5.13. The largest absolute Gasteiger partial charge is 0.321 e. The first-order valence-electron chi connectivity index (χ1n) is 9.08. The van der Waals surface area contributed by atoms with Crippen molar-refractivity contribution in [3.05, 3.63) is 35.8 Å². The van der Waals surface area contributed by atoms with Crippen LogP contribution >= 0.6 is 0 Å². The van der Waals surface area contributed by atoms with Crippen molar-refractivity contribution in [3.63, 3.8) is 0 Å². The predicted molar refractivity (Wildman–Crippen MR) is 99.3 cm³/mol. The molecule has 2 N–H and O–H groups in total. The molecule has 2 aliphatic rings. The highest BCUT2D eigenvalue weighted by molar-refractivity contribution is 6.04. The third-order valence-electron chi connectivity index (χ3n) is 4.93. The molecular formula is C19H27N5O. The number of allylic oxidation sites excluding steroid dienone is 2. The van der Waals surface area contributed by atoms with Gasteiger partial charge in [0.2, 0.25) is 5.91 Å². The fourth-order valence-corrected chi connectivity index (χ4v) is 3.33. The molecule has 0 radical (unpaired) electrons. The van der Waals surface area contributed by atoms with Crippen LogP contribution in [0.25, 0.3) is 6.08 Å². The van der Waals surface area contributed by atoms with E-state index in [9.17, 15) is 4.79 Å². The van der Waals surface area contributed by atoms with Crippen molar-refractivity contribution in [2.45, 2.75) is 38.6 Å². The van der Waals surface area contributed by atoms with Crippen LogP contribution in [0.15, 0.2) is 30.2 Å². The maximum Gasteiger partial charge on any atom is 0.248 e. The van der Waals surface area contributed by atoms with Crippen LogP contribution in [0.4, 0.5) is 0 Å². The molecule has 6 heteroatoms. The van der Waals surface area contributed by atoms with E-state index in [1.54, 1.807) is 12.3 Å². The van der Waals surface area contributed by atoms with Gasteiger partial charge in [0.15, 0.2) is 0 Å². The number of carbonyl (C=O) groups excluding carboxylic acids is 1. The van der Waals surface area contributed by atoms with Crippen LogP contribution in [0.3, 0.4) is 0 Å². The lowest BCUT2D eigenvalue weighted by molar-refractivity contribution is -0.115. The van der Waals surface area contributed by atoms with E-state index in [1.165, 1.54) is 18.9 Å². The number of likely N-dealkylation sites (tertiary alicyclic amines) is 1. The summed E-state index contributed by atoms with van der Waals surface area (Å²) < 4.78 is 1.98. The second-order valence-corrected chi connectivity index (χ2v) is 7.05. The lowest BCUT2D eigenvalue weighted by atomic mass is 9.97. The highest BCUT2D eigenvalue weighted by atomic mass is 16.1. The molecule has 0 unspecified atom stereocenters. The van der Waals surface area contributed by atoms with Gasteiger partial charge in [0.05, 0.1) is 17.6 Å². The van der Waals surface area contributed by atoms with Crippen LogP contribution in [0, 0.1) is 11.3 Å². The zero-order valence-corrected chi connectivity index (χ0v) is 14.9. The van der Waals surface area contributed by atoms with Gasteiger partial charge in [0.25, 0.3) is 0 Å². The summed E-state index contributed by atoms with van der Waals surface area (Å²) in [7, 11) is 2.17. The van der Waals surface area contributed by atoms with Gasteiger partial charge in [0, 0.05) is 24.4 Å². The average molecular weight is 341 g/mol. The van der Waals surface area contributed by atoms with Crippen molar-refractivity contribution in [1.29, 1.82) is 5.41 Å². The molecule has 1 aromatic heterocycles. The molecule has 1 aliphatic heterocycles. The average Bonchev–Trinajstić information content (AvgIpc) is 3.05. The lowest BCUT2D eigenvalue weighted by Gasteiger charge is -2.28. The van der Waals surface area contributed by atoms with Crippen molar-refractivity contribution in [3.8, 4) is 0 Å². The van der Waals surface area contributed by atoms with Crippen molar-refractivity contribution in [2.75, 3.05) is 20.1 Å². The molecule has 134 valence electrons. The predicted octanol–water partition coefficient (Wildman–Crippen LogP) is 2.44. The Morgan fingerprint density at radius 3 is 3.00 bits per heavy atom. The smallest absolute Gasteiger partial charge is 0.248 e. The first kappa shape index (κ1) is 17.6. The van der Waals surface area contributed by atoms with Crippen LogP contribution in [-0.4, -0.2) is 46.4 Å². The van der Waals surface area contributed by atoms with Crippen molar-refractivity contribution in [1.82, 2.24) is 20.0 Å². The molecule has 1 saturated heterocycles. The van der Waals surface area contributed by atoms with E-state index >= 15 is 0 Å². The zero-order chi connectivity index (χ0) is 17.6. The molecule has 0 bridgehead atoms. The molecule has 1 fully saturated rings. The fourth-order valence-electron chi connectivity index (χ4n) is 3.33. The molecular weight excluding hydrogens is 314 g/mol. The summed E-state index contributed by atoms with van der Waals surface area (Å²) in [5.41, 5.74) is 2.09. The van der Waals surface area contributed by atoms with Crippen LogP contribution in [0.1, 0.15) is 37.7 Å². The first-order valence-corrected chi connectivity index (χ1v) is 9.08. The number of nitrogens with one attached hydrogen (secondary N) is 2. The molecule has 6 nitrogen and oxygen atoms in total. The van der Waals surface area contributed by atoms with Gasteiger partial charge >= 0.3 is 0 Å². The van der Waals surface area contributed by atoms with Crippen molar-refractivity contribution in [2.24, 2.45) is 5.92 Å². The first-order chi connectivity index (χ1) is 12.1. The number of nitrogens with zero attached hydrogens (tertiary/aromatic N) is 3. The van der Waals surface area contributed by atoms with Crippen molar-refractivity contribution < 1.29 is 4.79 Å². The fraction of sp³-hybridized carbons (Fsp3) is 0.526. The van der Waals surface area contributed by atoms with Crippen LogP contribution in [-0.2, 0) is 11.3 Å². The molecule has 0 aromatic carbocycles. The Morgan fingerprint density at radius 2 is 2.24 bits per heavy atom. The topological polar surface area (TPSA) is 74.0 Å². The minimum absolute atomic E-state index is 0.194. The Kier molecular flexibility index (Phi) is 5.81. The molecule has 25 heavy (non-hydrogen) atoms. The normalized spacial score (nSPS) is 20.0. The van der Waals surface area contributed by atoms with Gasteiger partial charge in [-0.15, -0.1) is 0 Å². The van der Waals surface area contributed by atoms with E-state index < -0.39 is 0 Å². The molecule has 0 atom stereocenters. The minimum atomic E-state index is -0.194. The van der Waals surface area contributed by atoms with Gasteiger partial charge in [-0.3, -0.25) is 9.48 Å². The van der Waals surface area contributed by atoms with Gasteiger partial charge in [-0.25, -0.2) is 0 Å². The van der Waals surface area contributed by atoms with Gasteiger partial charge in [-0.05, 0) is 64.2 Å². The summed E-state index contributed by atoms with van der Waals surface area (Å²) in [6.07, 6.45) is 14.1. The molecule has 1 amide bonds. The highest BCUT2D eigenvalue weighted by Gasteiger charge is 2.17. The Labute approximate surface area is 149 Å². The van der Waals surface area contributed by atoms with Gasteiger partial charge < -0.3 is 15.6 Å². The summed E-state index contributed by atoms with van der Waals surface area (Å²) in [5, 5.41) is 15.1. The van der Waals surface area contributed by atoms with Crippen LogP contribution < -0.4 is 5.32 Å². The third-order valence-corrected chi connectivity index (χ3v) is 4.93. The maximum atomic E-state index is 12.0. The summed E-state index contributed by atoms with van der Waals surface area (Å²) in [5.74, 6) is 0.487. The molecule has 0 spiro atoms. The Hall–Kier alpha value is -2.21. The van der Waals surface area contributed by atoms with E-state index in [0.29, 0.717) is 17.3 Å². The van der Waals surface area contributed by atoms with Gasteiger partial charge in [-0.2, -0.15) is 5.10 Å². The minimum Gasteiger partial charge on any atom is -0.321 e. The summed E-state index contributed by atoms with van der Waals surface area (Å²) in [6.45, 7) is 3.26. The molecule has 0 saturated carbocycles. The van der Waals surface area contributed by atoms with Gasteiger partial charge in [-0.1, -0.05) is 6.08 Å². The second-order valence-electron chi connectivity index (χ2n) is 7.05. The van der Waals surface area contributed by atoms with Gasteiger partial charge in [0.1, 0.15) is 0 Å². The SMILES string of the molecule is CN1CCC(Cn2cc(/C=C/C(=O)NC3=CCCCC3=N)cn2)CC1. The van der Waals surface area contributed by atoms with E-state index in [1.807, 2.05) is 17.0 Å². The number of aromatic nitrogens is 2. The van der Waals surface area contributed by atoms with E-state index in [0.717, 1.165) is 44.5 Å². The van der Waals surface area contributed by atoms with Crippen molar-refractivity contribution >= 4 is 17.7 Å². The zero-order valence-electron chi connectivity index (χ0n) is 14.9. The van der Waals surface area contributed by atoms with E-state index in [-0.39, 0.29) is 5.91 Å². The Balaban J connectivity index is 1.50. The lowest BCUT2D eigenvalue weighted by Crippen LogP contribution is -2.31. The number of amides is 1. The summed E-state index contributed by atoms with van der Waals surface area (Å²) >= 11 is 0. The second kappa shape index (κ2) is 8.25. The number of carbonyl (C=O) groups is 1. The Bertz CT molecular complexity index is 680. The molecule has 3 rings (SSSR count). The summed E-state index contributed by atoms with van der Waals surface area (Å²) in [6, 6.07) is 0. The number of hydrogen-bond donors (Lipinski definition) is 2. The standard InChI is InChI=1S/C19H27N5O/c1-23-10-8-15(9-11-23)13-24-14-16(12-21-24)6-7-19(25)22-18-5-3-2-4-17(18)20/h5-7,12,14-15,20H,2-4,8-11,13H2,1H3,(H,22,25)/b7-6+,20-17?.